The summed E-state index contributed by atoms with van der Waals surface area (Å²) < 4.78 is 0. The Morgan fingerprint density at radius 2 is 2.00 bits per heavy atom. The van der Waals surface area contributed by atoms with Gasteiger partial charge in [0.15, 0.2) is 0 Å². The van der Waals surface area contributed by atoms with Gasteiger partial charge in [-0.25, -0.2) is 4.79 Å². The van der Waals surface area contributed by atoms with E-state index < -0.39 is 5.97 Å². The predicted molar refractivity (Wildman–Crippen MR) is 44.0 cm³/mol. The number of hydrogen-bond acceptors (Lipinski definition) is 2. The van der Waals surface area contributed by atoms with Crippen LogP contribution in [0.5, 0.6) is 0 Å². The molecule has 0 amide bonds. The molecule has 0 unspecified atom stereocenters. The molecule has 0 aromatic rings. The standard InChI is InChI=1S/C8H15NO2/c1-8(2,3)5-6(9)4-7(10)11/h4H,5,9H2,1-3H3,(H,10,11)/b6-4-. The van der Waals surface area contributed by atoms with Crippen molar-refractivity contribution in [2.24, 2.45) is 11.1 Å². The van der Waals surface area contributed by atoms with Crippen molar-refractivity contribution in [2.75, 3.05) is 0 Å². The molecule has 0 saturated carbocycles. The minimum absolute atomic E-state index is 0.0516. The number of allylic oxidation sites excluding steroid dienone is 1. The molecule has 0 heterocycles. The molecule has 3 heteroatoms. The summed E-state index contributed by atoms with van der Waals surface area (Å²) in [5.41, 5.74) is 5.91. The van der Waals surface area contributed by atoms with E-state index in [2.05, 4.69) is 0 Å². The van der Waals surface area contributed by atoms with E-state index in [0.29, 0.717) is 12.1 Å². The number of aliphatic carboxylic acids is 1. The molecule has 64 valence electrons. The molecule has 0 aromatic heterocycles. The third-order valence-electron chi connectivity index (χ3n) is 1.04. The second kappa shape index (κ2) is 3.42. The highest BCUT2D eigenvalue weighted by molar-refractivity contribution is 5.80. The zero-order valence-corrected chi connectivity index (χ0v) is 7.22. The summed E-state index contributed by atoms with van der Waals surface area (Å²) in [5, 5.41) is 8.32. The van der Waals surface area contributed by atoms with Crippen LogP contribution >= 0.6 is 0 Å². The highest BCUT2D eigenvalue weighted by atomic mass is 16.4. The number of nitrogens with two attached hydrogens (primary N) is 1. The van der Waals surface area contributed by atoms with Crippen LogP contribution in [-0.4, -0.2) is 11.1 Å². The van der Waals surface area contributed by atoms with E-state index in [1.54, 1.807) is 0 Å². The van der Waals surface area contributed by atoms with Crippen LogP contribution in [0.3, 0.4) is 0 Å². The van der Waals surface area contributed by atoms with Gasteiger partial charge in [0.2, 0.25) is 0 Å². The fraction of sp³-hybridized carbons (Fsp3) is 0.625. The number of carbonyl (C=O) groups is 1. The Morgan fingerprint density at radius 3 is 2.27 bits per heavy atom. The normalized spacial score (nSPS) is 13.2. The number of rotatable bonds is 2. The van der Waals surface area contributed by atoms with Crippen molar-refractivity contribution in [2.45, 2.75) is 27.2 Å². The minimum atomic E-state index is -0.980. The van der Waals surface area contributed by atoms with Crippen LogP contribution in [0.1, 0.15) is 27.2 Å². The van der Waals surface area contributed by atoms with Crippen molar-refractivity contribution >= 4 is 5.97 Å². The van der Waals surface area contributed by atoms with Gasteiger partial charge in [0.1, 0.15) is 0 Å². The Kier molecular flexibility index (Phi) is 3.11. The summed E-state index contributed by atoms with van der Waals surface area (Å²) in [5.74, 6) is -0.980. The molecular formula is C8H15NO2. The van der Waals surface area contributed by atoms with E-state index in [1.165, 1.54) is 0 Å². The molecule has 0 fully saturated rings. The van der Waals surface area contributed by atoms with Gasteiger partial charge in [-0.3, -0.25) is 0 Å². The van der Waals surface area contributed by atoms with Crippen LogP contribution in [0.25, 0.3) is 0 Å². The summed E-state index contributed by atoms with van der Waals surface area (Å²) in [6, 6.07) is 0. The van der Waals surface area contributed by atoms with Gasteiger partial charge >= 0.3 is 5.97 Å². The maximum absolute atomic E-state index is 10.1. The molecule has 0 aromatic carbocycles. The highest BCUT2D eigenvalue weighted by Crippen LogP contribution is 2.21. The van der Waals surface area contributed by atoms with Crippen molar-refractivity contribution in [3.8, 4) is 0 Å². The summed E-state index contributed by atoms with van der Waals surface area (Å²) in [6.45, 7) is 6.03. The Labute approximate surface area is 66.9 Å². The van der Waals surface area contributed by atoms with E-state index in [0.717, 1.165) is 6.08 Å². The molecule has 0 bridgehead atoms. The summed E-state index contributed by atoms with van der Waals surface area (Å²) in [7, 11) is 0. The molecule has 0 spiro atoms. The van der Waals surface area contributed by atoms with E-state index in [9.17, 15) is 4.79 Å². The lowest BCUT2D eigenvalue weighted by Gasteiger charge is -2.17. The van der Waals surface area contributed by atoms with Crippen molar-refractivity contribution in [3.05, 3.63) is 11.8 Å². The van der Waals surface area contributed by atoms with E-state index in [1.807, 2.05) is 20.8 Å². The lowest BCUT2D eigenvalue weighted by Crippen LogP contribution is -2.12. The first-order valence-corrected chi connectivity index (χ1v) is 3.50. The zero-order chi connectivity index (χ0) is 9.07. The van der Waals surface area contributed by atoms with Crippen LogP contribution in [0.15, 0.2) is 11.8 Å². The Balaban J connectivity index is 4.07. The molecule has 0 radical (unpaired) electrons. The van der Waals surface area contributed by atoms with Gasteiger partial charge < -0.3 is 10.8 Å². The summed E-state index contributed by atoms with van der Waals surface area (Å²) >= 11 is 0. The van der Waals surface area contributed by atoms with Gasteiger partial charge in [-0.2, -0.15) is 0 Å². The largest absolute Gasteiger partial charge is 0.478 e. The maximum atomic E-state index is 10.1. The van der Waals surface area contributed by atoms with Crippen molar-refractivity contribution in [1.82, 2.24) is 0 Å². The Bertz CT molecular complexity index is 177. The second-order valence-electron chi connectivity index (χ2n) is 3.79. The Hall–Kier alpha value is -0.990. The quantitative estimate of drug-likeness (QED) is 0.595. The molecule has 0 aliphatic rings. The molecule has 0 aliphatic heterocycles. The second-order valence-corrected chi connectivity index (χ2v) is 3.79. The van der Waals surface area contributed by atoms with Crippen LogP contribution in [0.2, 0.25) is 0 Å². The summed E-state index contributed by atoms with van der Waals surface area (Å²) in [6.07, 6.45) is 1.66. The summed E-state index contributed by atoms with van der Waals surface area (Å²) in [4.78, 5) is 10.1. The third kappa shape index (κ3) is 6.90. The molecule has 3 N–H and O–H groups in total. The number of carboxylic acids is 1. The Morgan fingerprint density at radius 1 is 1.55 bits per heavy atom. The fourth-order valence-electron chi connectivity index (χ4n) is 0.822. The molecule has 0 saturated heterocycles. The average Bonchev–Trinajstić information content (AvgIpc) is 1.53. The van der Waals surface area contributed by atoms with Gasteiger partial charge in [-0.1, -0.05) is 20.8 Å². The lowest BCUT2D eigenvalue weighted by atomic mass is 9.90. The fourth-order valence-corrected chi connectivity index (χ4v) is 0.822. The van der Waals surface area contributed by atoms with Gasteiger partial charge in [0, 0.05) is 11.8 Å². The monoisotopic (exact) mass is 157 g/mol. The van der Waals surface area contributed by atoms with Gasteiger partial charge in [0.05, 0.1) is 0 Å². The van der Waals surface area contributed by atoms with E-state index in [4.69, 9.17) is 10.8 Å². The molecule has 0 aliphatic carbocycles. The van der Waals surface area contributed by atoms with Gasteiger partial charge in [-0.05, 0) is 11.8 Å². The highest BCUT2D eigenvalue weighted by Gasteiger charge is 2.11. The van der Waals surface area contributed by atoms with Crippen LogP contribution < -0.4 is 5.73 Å². The van der Waals surface area contributed by atoms with Gasteiger partial charge in [0.25, 0.3) is 0 Å². The molecule has 11 heavy (non-hydrogen) atoms. The lowest BCUT2D eigenvalue weighted by molar-refractivity contribution is -0.131. The molecule has 3 nitrogen and oxygen atoms in total. The first-order chi connectivity index (χ1) is 4.81. The average molecular weight is 157 g/mol. The SMILES string of the molecule is CC(C)(C)C/C(N)=C/C(=O)O. The molecule has 0 atom stereocenters. The number of carboxylic acid groups (broad SMARTS) is 1. The van der Waals surface area contributed by atoms with E-state index in [-0.39, 0.29) is 5.41 Å². The van der Waals surface area contributed by atoms with E-state index >= 15 is 0 Å². The van der Waals surface area contributed by atoms with Crippen molar-refractivity contribution in [3.63, 3.8) is 0 Å². The van der Waals surface area contributed by atoms with Crippen molar-refractivity contribution in [1.29, 1.82) is 0 Å². The molecular weight excluding hydrogens is 142 g/mol. The van der Waals surface area contributed by atoms with Gasteiger partial charge in [-0.15, -0.1) is 0 Å². The third-order valence-corrected chi connectivity index (χ3v) is 1.04. The van der Waals surface area contributed by atoms with Crippen LogP contribution in [0, 0.1) is 5.41 Å². The van der Waals surface area contributed by atoms with Crippen molar-refractivity contribution < 1.29 is 9.90 Å². The smallest absolute Gasteiger partial charge is 0.330 e. The zero-order valence-electron chi connectivity index (χ0n) is 7.22. The molecule has 0 rings (SSSR count). The minimum Gasteiger partial charge on any atom is -0.478 e. The first-order valence-electron chi connectivity index (χ1n) is 3.50. The first kappa shape index (κ1) is 10.0. The topological polar surface area (TPSA) is 63.3 Å². The predicted octanol–water partition coefficient (Wildman–Crippen LogP) is 1.35. The maximum Gasteiger partial charge on any atom is 0.330 e. The number of hydrogen-bond donors (Lipinski definition) is 2. The van der Waals surface area contributed by atoms with Crippen LogP contribution in [-0.2, 0) is 4.79 Å². The van der Waals surface area contributed by atoms with Crippen LogP contribution in [0.4, 0.5) is 0 Å².